The lowest BCUT2D eigenvalue weighted by Gasteiger charge is -2.53. The molecule has 3 heteroatoms. The number of carbonyl (C=O) groups excluding carboxylic acids is 1. The molecule has 2 aliphatic carbocycles. The normalized spacial score (nSPS) is 31.2. The fourth-order valence-electron chi connectivity index (χ4n) is 5.15. The van der Waals surface area contributed by atoms with E-state index in [0.29, 0.717) is 17.5 Å². The van der Waals surface area contributed by atoms with Gasteiger partial charge in [0.1, 0.15) is 6.07 Å². The van der Waals surface area contributed by atoms with Crippen LogP contribution in [-0.4, -0.2) is 23.8 Å². The van der Waals surface area contributed by atoms with Gasteiger partial charge in [-0.25, -0.2) is 0 Å². The lowest BCUT2D eigenvalue weighted by atomic mass is 9.52. The maximum atomic E-state index is 12.6. The molecule has 3 atom stereocenters. The number of allylic oxidation sites excluding steroid dienone is 2. The van der Waals surface area contributed by atoms with Gasteiger partial charge in [0.05, 0.1) is 5.57 Å². The SMILES string of the molecule is CN(Cc1ccccc1)[C@H]1CC[C@H]2C(C)(C)C(=O)C(C#N)=C[C@]2(C)C1. The van der Waals surface area contributed by atoms with Crippen molar-refractivity contribution < 1.29 is 4.79 Å². The highest BCUT2D eigenvalue weighted by molar-refractivity contribution is 6.04. The molecule has 2 aliphatic rings. The van der Waals surface area contributed by atoms with Gasteiger partial charge in [-0.2, -0.15) is 5.26 Å². The van der Waals surface area contributed by atoms with E-state index in [9.17, 15) is 10.1 Å². The highest BCUT2D eigenvalue weighted by Gasteiger charge is 2.53. The number of carbonyl (C=O) groups is 1. The summed E-state index contributed by atoms with van der Waals surface area (Å²) < 4.78 is 0. The van der Waals surface area contributed by atoms with Gasteiger partial charge >= 0.3 is 0 Å². The zero-order valence-corrected chi connectivity index (χ0v) is 15.7. The Bertz CT molecular complexity index is 728. The first-order valence-electron chi connectivity index (χ1n) is 9.20. The van der Waals surface area contributed by atoms with Gasteiger partial charge in [-0.15, -0.1) is 0 Å². The first-order valence-corrected chi connectivity index (χ1v) is 9.20. The first kappa shape index (κ1) is 17.9. The van der Waals surface area contributed by atoms with E-state index < -0.39 is 5.41 Å². The van der Waals surface area contributed by atoms with Crippen LogP contribution in [0.15, 0.2) is 42.0 Å². The summed E-state index contributed by atoms with van der Waals surface area (Å²) in [6.07, 6.45) is 5.13. The summed E-state index contributed by atoms with van der Waals surface area (Å²) in [6, 6.07) is 13.2. The number of nitriles is 1. The molecule has 25 heavy (non-hydrogen) atoms. The van der Waals surface area contributed by atoms with Crippen LogP contribution in [0.25, 0.3) is 0 Å². The van der Waals surface area contributed by atoms with E-state index >= 15 is 0 Å². The molecular weight excluding hydrogens is 308 g/mol. The molecule has 3 rings (SSSR count). The van der Waals surface area contributed by atoms with E-state index in [1.54, 1.807) is 0 Å². The monoisotopic (exact) mass is 336 g/mol. The van der Waals surface area contributed by atoms with Crippen molar-refractivity contribution in [2.24, 2.45) is 16.7 Å². The second kappa shape index (κ2) is 6.42. The zero-order valence-electron chi connectivity index (χ0n) is 15.7. The predicted molar refractivity (Wildman–Crippen MR) is 99.6 cm³/mol. The molecule has 0 radical (unpaired) electrons. The average Bonchev–Trinajstić information content (AvgIpc) is 2.58. The van der Waals surface area contributed by atoms with Crippen LogP contribution in [0, 0.1) is 28.1 Å². The third kappa shape index (κ3) is 3.16. The number of benzene rings is 1. The van der Waals surface area contributed by atoms with Crippen molar-refractivity contribution in [1.29, 1.82) is 5.26 Å². The van der Waals surface area contributed by atoms with Crippen molar-refractivity contribution in [3.8, 4) is 6.07 Å². The van der Waals surface area contributed by atoms with Gasteiger partial charge < -0.3 is 0 Å². The standard InChI is InChI=1S/C22H28N2O/c1-21(2)19-11-10-18(24(4)15-16-8-6-5-7-9-16)13-22(19,3)12-17(14-23)20(21)25/h5-9,12,18-19H,10-11,13,15H2,1-4H3/t18-,19-,22+/m0/s1. The number of rotatable bonds is 3. The molecule has 0 unspecified atom stereocenters. The van der Waals surface area contributed by atoms with Gasteiger partial charge in [-0.3, -0.25) is 9.69 Å². The molecule has 3 nitrogen and oxygen atoms in total. The maximum absolute atomic E-state index is 12.6. The summed E-state index contributed by atoms with van der Waals surface area (Å²) in [5.41, 5.74) is 1.15. The Morgan fingerprint density at radius 2 is 1.88 bits per heavy atom. The third-order valence-corrected chi connectivity index (χ3v) is 6.45. The highest BCUT2D eigenvalue weighted by atomic mass is 16.1. The van der Waals surface area contributed by atoms with Crippen LogP contribution in [-0.2, 0) is 11.3 Å². The first-order chi connectivity index (χ1) is 11.8. The lowest BCUT2D eigenvalue weighted by Crippen LogP contribution is -2.52. The van der Waals surface area contributed by atoms with Gasteiger partial charge in [0, 0.05) is 18.0 Å². The van der Waals surface area contributed by atoms with E-state index in [-0.39, 0.29) is 11.2 Å². The quantitative estimate of drug-likeness (QED) is 0.824. The van der Waals surface area contributed by atoms with Gasteiger partial charge in [0.25, 0.3) is 0 Å². The summed E-state index contributed by atoms with van der Waals surface area (Å²) in [6.45, 7) is 7.22. The van der Waals surface area contributed by atoms with Crippen molar-refractivity contribution in [2.45, 2.75) is 52.6 Å². The summed E-state index contributed by atoms with van der Waals surface area (Å²) in [7, 11) is 2.19. The molecule has 0 N–H and O–H groups in total. The zero-order chi connectivity index (χ0) is 18.2. The van der Waals surface area contributed by atoms with Crippen molar-refractivity contribution >= 4 is 5.78 Å². The second-order valence-electron chi connectivity index (χ2n) is 8.62. The molecule has 0 heterocycles. The van der Waals surface area contributed by atoms with Crippen molar-refractivity contribution in [3.63, 3.8) is 0 Å². The Morgan fingerprint density at radius 1 is 1.20 bits per heavy atom. The smallest absolute Gasteiger partial charge is 0.178 e. The number of hydrogen-bond acceptors (Lipinski definition) is 3. The summed E-state index contributed by atoms with van der Waals surface area (Å²) in [4.78, 5) is 15.1. The molecule has 0 aromatic heterocycles. The molecule has 0 amide bonds. The molecule has 132 valence electrons. The molecule has 1 aromatic rings. The highest BCUT2D eigenvalue weighted by Crippen LogP contribution is 2.55. The summed E-state index contributed by atoms with van der Waals surface area (Å²) in [5.74, 6) is 0.333. The van der Waals surface area contributed by atoms with Gasteiger partial charge in [-0.1, -0.05) is 57.2 Å². The Morgan fingerprint density at radius 3 is 2.52 bits per heavy atom. The van der Waals surface area contributed by atoms with E-state index in [1.165, 1.54) is 5.56 Å². The minimum absolute atomic E-state index is 0.0218. The molecular formula is C22H28N2O. The Hall–Kier alpha value is -1.92. The molecule has 0 spiro atoms. The van der Waals surface area contributed by atoms with Crippen molar-refractivity contribution in [2.75, 3.05) is 7.05 Å². The van der Waals surface area contributed by atoms with Crippen molar-refractivity contribution in [3.05, 3.63) is 47.5 Å². The Balaban J connectivity index is 1.82. The van der Waals surface area contributed by atoms with E-state index in [0.717, 1.165) is 25.8 Å². The number of Topliss-reactive ketones (excluding diaryl/α,β-unsaturated/α-hetero) is 1. The summed E-state index contributed by atoms with van der Waals surface area (Å²) in [5, 5.41) is 9.42. The molecule has 1 aromatic carbocycles. The number of fused-ring (bicyclic) bond motifs is 1. The second-order valence-corrected chi connectivity index (χ2v) is 8.62. The fraction of sp³-hybridized carbons (Fsp3) is 0.545. The van der Waals surface area contributed by atoms with E-state index in [2.05, 4.69) is 49.2 Å². The number of nitrogens with zero attached hydrogens (tertiary/aromatic N) is 2. The molecule has 0 bridgehead atoms. The van der Waals surface area contributed by atoms with Crippen molar-refractivity contribution in [1.82, 2.24) is 4.90 Å². The van der Waals surface area contributed by atoms with Gasteiger partial charge in [0.2, 0.25) is 0 Å². The Kier molecular flexibility index (Phi) is 4.60. The molecule has 0 aliphatic heterocycles. The minimum Gasteiger partial charge on any atom is -0.299 e. The Labute approximate surface area is 151 Å². The van der Waals surface area contributed by atoms with Gasteiger partial charge in [0.15, 0.2) is 5.78 Å². The molecule has 1 fully saturated rings. The van der Waals surface area contributed by atoms with E-state index in [1.807, 2.05) is 26.0 Å². The topological polar surface area (TPSA) is 44.1 Å². The molecule has 0 saturated heterocycles. The van der Waals surface area contributed by atoms with Crippen LogP contribution < -0.4 is 0 Å². The number of ketones is 1. The largest absolute Gasteiger partial charge is 0.299 e. The third-order valence-electron chi connectivity index (χ3n) is 6.45. The average molecular weight is 336 g/mol. The maximum Gasteiger partial charge on any atom is 0.178 e. The van der Waals surface area contributed by atoms with Crippen LogP contribution in [0.2, 0.25) is 0 Å². The molecule has 1 saturated carbocycles. The summed E-state index contributed by atoms with van der Waals surface area (Å²) >= 11 is 0. The van der Waals surface area contributed by atoms with Crippen LogP contribution in [0.5, 0.6) is 0 Å². The minimum atomic E-state index is -0.447. The van der Waals surface area contributed by atoms with Crippen LogP contribution in [0.3, 0.4) is 0 Å². The number of hydrogen-bond donors (Lipinski definition) is 0. The predicted octanol–water partition coefficient (Wildman–Crippen LogP) is 4.35. The van der Waals surface area contributed by atoms with Gasteiger partial charge in [-0.05, 0) is 43.2 Å². The van der Waals surface area contributed by atoms with Crippen LogP contribution in [0.1, 0.15) is 45.6 Å². The van der Waals surface area contributed by atoms with Crippen LogP contribution in [0.4, 0.5) is 0 Å². The lowest BCUT2D eigenvalue weighted by molar-refractivity contribution is -0.132. The van der Waals surface area contributed by atoms with Crippen LogP contribution >= 0.6 is 0 Å². The fourth-order valence-corrected chi connectivity index (χ4v) is 5.15. The van der Waals surface area contributed by atoms with E-state index in [4.69, 9.17) is 0 Å².